The summed E-state index contributed by atoms with van der Waals surface area (Å²) in [6.07, 6.45) is 3.89. The van der Waals surface area contributed by atoms with Crippen molar-refractivity contribution in [2.24, 2.45) is 0 Å². The summed E-state index contributed by atoms with van der Waals surface area (Å²) in [6.45, 7) is 8.27. The van der Waals surface area contributed by atoms with E-state index in [0.717, 1.165) is 59.1 Å². The Morgan fingerprint density at radius 3 is 2.71 bits per heavy atom. The molecule has 3 rings (SSSR count). The lowest BCUT2D eigenvalue weighted by atomic mass is 9.90. The van der Waals surface area contributed by atoms with Gasteiger partial charge in [-0.25, -0.2) is 4.79 Å². The fourth-order valence-corrected chi connectivity index (χ4v) is 2.98. The molecule has 2 aromatic rings. The van der Waals surface area contributed by atoms with Crippen LogP contribution >= 0.6 is 0 Å². The highest BCUT2D eigenvalue weighted by atomic mass is 16.5. The van der Waals surface area contributed by atoms with E-state index in [4.69, 9.17) is 9.15 Å². The van der Waals surface area contributed by atoms with Crippen LogP contribution in [0.1, 0.15) is 36.5 Å². The lowest BCUT2D eigenvalue weighted by Gasteiger charge is -2.19. The molecule has 0 amide bonds. The minimum Gasteiger partial charge on any atom is -0.488 e. The molecule has 1 aliphatic rings. The quantitative estimate of drug-likeness (QED) is 0.633. The van der Waals surface area contributed by atoms with Crippen LogP contribution in [0.5, 0.6) is 5.75 Å². The van der Waals surface area contributed by atoms with E-state index in [1.54, 1.807) is 0 Å². The van der Waals surface area contributed by atoms with Crippen molar-refractivity contribution in [2.45, 2.75) is 39.5 Å². The van der Waals surface area contributed by atoms with Crippen LogP contribution in [0.2, 0.25) is 0 Å². The van der Waals surface area contributed by atoms with Crippen LogP contribution in [0.4, 0.5) is 0 Å². The summed E-state index contributed by atoms with van der Waals surface area (Å²) >= 11 is 0. The first-order valence-corrected chi connectivity index (χ1v) is 7.42. The van der Waals surface area contributed by atoms with E-state index < -0.39 is 0 Å². The van der Waals surface area contributed by atoms with Crippen LogP contribution in [-0.4, -0.2) is 6.61 Å². The predicted octanol–water partition coefficient (Wildman–Crippen LogP) is 3.94. The minimum atomic E-state index is -0.186. The van der Waals surface area contributed by atoms with Crippen LogP contribution in [-0.2, 0) is 12.8 Å². The average Bonchev–Trinajstić information content (AvgIpc) is 2.44. The van der Waals surface area contributed by atoms with E-state index in [-0.39, 0.29) is 5.63 Å². The van der Waals surface area contributed by atoms with Gasteiger partial charge in [0.1, 0.15) is 17.9 Å². The van der Waals surface area contributed by atoms with Crippen molar-refractivity contribution in [2.75, 3.05) is 6.61 Å². The molecule has 0 fully saturated rings. The fraction of sp³-hybridized carbons (Fsp3) is 0.389. The third-order valence-electron chi connectivity index (χ3n) is 3.90. The normalized spacial score (nSPS) is 14.0. The number of ether oxygens (including phenoxy) is 1. The number of rotatable bonds is 3. The molecule has 3 nitrogen and oxygen atoms in total. The van der Waals surface area contributed by atoms with Gasteiger partial charge in [0.2, 0.25) is 0 Å². The SMILES string of the molecule is C=C(C)COc1cc(C)cc2oc(=O)c3c(c12)CCCC3. The zero-order chi connectivity index (χ0) is 15.0. The highest BCUT2D eigenvalue weighted by Gasteiger charge is 2.21. The highest BCUT2D eigenvalue weighted by molar-refractivity contribution is 5.88. The third kappa shape index (κ3) is 2.60. The van der Waals surface area contributed by atoms with Gasteiger partial charge in [-0.05, 0) is 68.4 Å². The molecule has 0 aliphatic heterocycles. The second-order valence-electron chi connectivity index (χ2n) is 5.94. The smallest absolute Gasteiger partial charge is 0.339 e. The molecule has 21 heavy (non-hydrogen) atoms. The molecule has 0 bridgehead atoms. The van der Waals surface area contributed by atoms with Gasteiger partial charge in [0, 0.05) is 5.56 Å². The molecule has 0 atom stereocenters. The van der Waals surface area contributed by atoms with Crippen LogP contribution in [0.3, 0.4) is 0 Å². The standard InChI is InChI=1S/C18H20O3/c1-11(2)10-20-15-8-12(3)9-16-17(15)13-6-4-5-7-14(13)18(19)21-16/h8-9H,1,4-7,10H2,2-3H3. The molecule has 1 aromatic carbocycles. The number of benzene rings is 1. The number of fused-ring (bicyclic) bond motifs is 3. The Morgan fingerprint density at radius 2 is 2.00 bits per heavy atom. The van der Waals surface area contributed by atoms with Crippen molar-refractivity contribution in [3.8, 4) is 5.75 Å². The first-order chi connectivity index (χ1) is 10.1. The van der Waals surface area contributed by atoms with Crippen LogP contribution in [0.15, 0.2) is 33.5 Å². The maximum Gasteiger partial charge on any atom is 0.339 e. The Bertz CT molecular complexity index is 768. The fourth-order valence-electron chi connectivity index (χ4n) is 2.98. The molecule has 0 saturated heterocycles. The molecule has 110 valence electrons. The summed E-state index contributed by atoms with van der Waals surface area (Å²) in [5, 5.41) is 0.969. The zero-order valence-corrected chi connectivity index (χ0v) is 12.6. The number of hydrogen-bond acceptors (Lipinski definition) is 3. The summed E-state index contributed by atoms with van der Waals surface area (Å²) in [5.41, 5.74) is 4.39. The van der Waals surface area contributed by atoms with Crippen LogP contribution in [0.25, 0.3) is 11.0 Å². The molecule has 0 spiro atoms. The van der Waals surface area contributed by atoms with E-state index in [2.05, 4.69) is 6.58 Å². The molecule has 0 N–H and O–H groups in total. The molecule has 3 heteroatoms. The predicted molar refractivity (Wildman–Crippen MR) is 84.2 cm³/mol. The Labute approximate surface area is 124 Å². The highest BCUT2D eigenvalue weighted by Crippen LogP contribution is 2.34. The van der Waals surface area contributed by atoms with E-state index in [1.807, 2.05) is 26.0 Å². The van der Waals surface area contributed by atoms with Crippen LogP contribution in [0, 0.1) is 6.92 Å². The molecule has 1 aromatic heterocycles. The molecule has 0 saturated carbocycles. The lowest BCUT2D eigenvalue weighted by Crippen LogP contribution is -2.16. The van der Waals surface area contributed by atoms with Gasteiger partial charge < -0.3 is 9.15 Å². The molecule has 0 unspecified atom stereocenters. The van der Waals surface area contributed by atoms with Gasteiger partial charge in [0.15, 0.2) is 0 Å². The number of hydrogen-bond donors (Lipinski definition) is 0. The van der Waals surface area contributed by atoms with E-state index >= 15 is 0 Å². The second kappa shape index (κ2) is 5.40. The molecule has 0 radical (unpaired) electrons. The maximum absolute atomic E-state index is 12.1. The molecular weight excluding hydrogens is 264 g/mol. The van der Waals surface area contributed by atoms with E-state index in [9.17, 15) is 4.79 Å². The lowest BCUT2D eigenvalue weighted by molar-refractivity contribution is 0.355. The Balaban J connectivity index is 2.25. The van der Waals surface area contributed by atoms with Gasteiger partial charge in [-0.15, -0.1) is 0 Å². The topological polar surface area (TPSA) is 39.4 Å². The number of aryl methyl sites for hydroxylation is 2. The zero-order valence-electron chi connectivity index (χ0n) is 12.6. The second-order valence-corrected chi connectivity index (χ2v) is 5.94. The third-order valence-corrected chi connectivity index (χ3v) is 3.90. The van der Waals surface area contributed by atoms with Crippen molar-refractivity contribution in [1.29, 1.82) is 0 Å². The Morgan fingerprint density at radius 1 is 1.29 bits per heavy atom. The van der Waals surface area contributed by atoms with Gasteiger partial charge in [0.05, 0.1) is 5.39 Å². The van der Waals surface area contributed by atoms with Crippen molar-refractivity contribution in [1.82, 2.24) is 0 Å². The maximum atomic E-state index is 12.1. The summed E-state index contributed by atoms with van der Waals surface area (Å²) in [4.78, 5) is 12.1. The van der Waals surface area contributed by atoms with Gasteiger partial charge in [-0.3, -0.25) is 0 Å². The summed E-state index contributed by atoms with van der Waals surface area (Å²) in [7, 11) is 0. The average molecular weight is 284 g/mol. The largest absolute Gasteiger partial charge is 0.488 e. The van der Waals surface area contributed by atoms with Gasteiger partial charge in [0.25, 0.3) is 0 Å². The van der Waals surface area contributed by atoms with Crippen molar-refractivity contribution >= 4 is 11.0 Å². The van der Waals surface area contributed by atoms with E-state index in [1.165, 1.54) is 0 Å². The Hall–Kier alpha value is -2.03. The van der Waals surface area contributed by atoms with Gasteiger partial charge in [-0.2, -0.15) is 0 Å². The summed E-state index contributed by atoms with van der Waals surface area (Å²) < 4.78 is 11.4. The molecule has 1 aliphatic carbocycles. The van der Waals surface area contributed by atoms with Crippen molar-refractivity contribution < 1.29 is 9.15 Å². The first kappa shape index (κ1) is 13.9. The monoisotopic (exact) mass is 284 g/mol. The van der Waals surface area contributed by atoms with Gasteiger partial charge in [-0.1, -0.05) is 6.58 Å². The Kier molecular flexibility index (Phi) is 3.58. The molecule has 1 heterocycles. The molecular formula is C18H20O3. The van der Waals surface area contributed by atoms with Crippen LogP contribution < -0.4 is 10.4 Å². The van der Waals surface area contributed by atoms with Gasteiger partial charge >= 0.3 is 5.63 Å². The summed E-state index contributed by atoms with van der Waals surface area (Å²) in [6, 6.07) is 3.93. The van der Waals surface area contributed by atoms with Crippen molar-refractivity contribution in [3.63, 3.8) is 0 Å². The van der Waals surface area contributed by atoms with E-state index in [0.29, 0.717) is 12.2 Å². The minimum absolute atomic E-state index is 0.186. The van der Waals surface area contributed by atoms with Crippen molar-refractivity contribution in [3.05, 3.63) is 51.4 Å². The first-order valence-electron chi connectivity index (χ1n) is 7.42. The summed E-state index contributed by atoms with van der Waals surface area (Å²) in [5.74, 6) is 0.801.